The summed E-state index contributed by atoms with van der Waals surface area (Å²) in [6, 6.07) is 0.272. The number of nitrogens with one attached hydrogen (secondary N) is 1. The molecule has 1 spiro atoms. The second-order valence-electron chi connectivity index (χ2n) is 6.72. The molecule has 126 valence electrons. The SMILES string of the molecule is O=C(N[C@@H]1CCC12CCN(Cc1nccs1)CC2)c1cnccn1. The number of carbonyl (C=O) groups excluding carboxylic acids is 1. The summed E-state index contributed by atoms with van der Waals surface area (Å²) in [7, 11) is 0. The maximum Gasteiger partial charge on any atom is 0.271 e. The van der Waals surface area contributed by atoms with E-state index in [0.717, 1.165) is 38.9 Å². The first-order valence-corrected chi connectivity index (χ1v) is 9.31. The lowest BCUT2D eigenvalue weighted by Crippen LogP contribution is -2.59. The standard InChI is InChI=1S/C17H21N5OS/c23-16(13-11-18-5-6-19-13)21-14-1-2-17(14)3-8-22(9-4-17)12-15-20-7-10-24-15/h5-7,10-11,14H,1-4,8-9,12H2,(H,21,23)/t14-/m1/s1. The van der Waals surface area contributed by atoms with Gasteiger partial charge >= 0.3 is 0 Å². The number of rotatable bonds is 4. The number of aromatic nitrogens is 3. The molecule has 2 aliphatic rings. The maximum absolute atomic E-state index is 12.3. The van der Waals surface area contributed by atoms with Gasteiger partial charge in [-0.2, -0.15) is 0 Å². The Balaban J connectivity index is 1.33. The molecule has 2 aromatic heterocycles. The third-order valence-electron chi connectivity index (χ3n) is 5.47. The molecule has 0 aromatic carbocycles. The highest BCUT2D eigenvalue weighted by atomic mass is 32.1. The highest BCUT2D eigenvalue weighted by molar-refractivity contribution is 7.09. The fourth-order valence-corrected chi connectivity index (χ4v) is 4.51. The molecule has 3 heterocycles. The van der Waals surface area contributed by atoms with E-state index >= 15 is 0 Å². The summed E-state index contributed by atoms with van der Waals surface area (Å²) >= 11 is 1.72. The maximum atomic E-state index is 12.3. The number of hydrogen-bond acceptors (Lipinski definition) is 6. The summed E-state index contributed by atoms with van der Waals surface area (Å²) in [4.78, 5) is 27.2. The Labute approximate surface area is 145 Å². The van der Waals surface area contributed by atoms with Gasteiger partial charge in [0, 0.05) is 30.0 Å². The Morgan fingerprint density at radius 2 is 2.12 bits per heavy atom. The van der Waals surface area contributed by atoms with Gasteiger partial charge in [0.2, 0.25) is 0 Å². The normalized spacial score (nSPS) is 22.9. The van der Waals surface area contributed by atoms with Gasteiger partial charge in [0.1, 0.15) is 10.7 Å². The summed E-state index contributed by atoms with van der Waals surface area (Å²) in [6.45, 7) is 3.11. The molecule has 24 heavy (non-hydrogen) atoms. The lowest BCUT2D eigenvalue weighted by molar-refractivity contribution is -0.00720. The Morgan fingerprint density at radius 1 is 1.25 bits per heavy atom. The van der Waals surface area contributed by atoms with Crippen LogP contribution in [0.25, 0.3) is 0 Å². The van der Waals surface area contributed by atoms with Gasteiger partial charge in [0.15, 0.2) is 0 Å². The zero-order valence-electron chi connectivity index (χ0n) is 13.5. The molecule has 1 saturated carbocycles. The molecule has 2 aromatic rings. The van der Waals surface area contributed by atoms with Crippen molar-refractivity contribution >= 4 is 17.2 Å². The number of carbonyl (C=O) groups is 1. The van der Waals surface area contributed by atoms with E-state index in [0.29, 0.717) is 5.69 Å². The van der Waals surface area contributed by atoms with Crippen molar-refractivity contribution in [1.82, 2.24) is 25.2 Å². The first-order valence-electron chi connectivity index (χ1n) is 8.43. The summed E-state index contributed by atoms with van der Waals surface area (Å²) in [5.74, 6) is -0.0996. The Bertz CT molecular complexity index is 682. The number of thiazole rings is 1. The van der Waals surface area contributed by atoms with Crippen molar-refractivity contribution in [3.05, 3.63) is 40.9 Å². The zero-order valence-corrected chi connectivity index (χ0v) is 14.3. The van der Waals surface area contributed by atoms with Crippen molar-refractivity contribution in [1.29, 1.82) is 0 Å². The van der Waals surface area contributed by atoms with Crippen LogP contribution in [-0.4, -0.2) is 44.9 Å². The highest BCUT2D eigenvalue weighted by Crippen LogP contribution is 2.49. The van der Waals surface area contributed by atoms with E-state index in [1.165, 1.54) is 17.6 Å². The number of hydrogen-bond donors (Lipinski definition) is 1. The molecule has 1 aliphatic heterocycles. The van der Waals surface area contributed by atoms with Crippen LogP contribution in [-0.2, 0) is 6.54 Å². The fraction of sp³-hybridized carbons (Fsp3) is 0.529. The van der Waals surface area contributed by atoms with Crippen LogP contribution >= 0.6 is 11.3 Å². The minimum Gasteiger partial charge on any atom is -0.347 e. The first kappa shape index (κ1) is 15.7. The summed E-state index contributed by atoms with van der Waals surface area (Å²) in [5, 5.41) is 6.40. The first-order chi connectivity index (χ1) is 11.8. The van der Waals surface area contributed by atoms with Crippen LogP contribution in [0, 0.1) is 5.41 Å². The molecule has 6 nitrogen and oxygen atoms in total. The van der Waals surface area contributed by atoms with Gasteiger partial charge < -0.3 is 5.32 Å². The van der Waals surface area contributed by atoms with Crippen LogP contribution in [0.1, 0.15) is 41.2 Å². The van der Waals surface area contributed by atoms with Crippen LogP contribution in [0.4, 0.5) is 0 Å². The molecule has 4 rings (SSSR count). The van der Waals surface area contributed by atoms with Crippen LogP contribution in [0.5, 0.6) is 0 Å². The van der Waals surface area contributed by atoms with Crippen molar-refractivity contribution in [3.8, 4) is 0 Å². The zero-order chi connectivity index (χ0) is 16.4. The van der Waals surface area contributed by atoms with E-state index in [-0.39, 0.29) is 17.4 Å². The lowest BCUT2D eigenvalue weighted by Gasteiger charge is -2.54. The van der Waals surface area contributed by atoms with Crippen LogP contribution < -0.4 is 5.32 Å². The minimum atomic E-state index is -0.0996. The number of piperidine rings is 1. The molecule has 0 unspecified atom stereocenters. The van der Waals surface area contributed by atoms with Crippen molar-refractivity contribution in [2.24, 2.45) is 5.41 Å². The van der Waals surface area contributed by atoms with Gasteiger partial charge in [0.05, 0.1) is 12.7 Å². The molecule has 1 atom stereocenters. The second kappa shape index (κ2) is 6.57. The lowest BCUT2D eigenvalue weighted by atomic mass is 9.59. The quantitative estimate of drug-likeness (QED) is 0.921. The van der Waals surface area contributed by atoms with Gasteiger partial charge in [-0.15, -0.1) is 11.3 Å². The monoisotopic (exact) mass is 343 g/mol. The smallest absolute Gasteiger partial charge is 0.271 e. The predicted octanol–water partition coefficient (Wildman–Crippen LogP) is 2.11. The third kappa shape index (κ3) is 3.06. The molecule has 0 radical (unpaired) electrons. The van der Waals surface area contributed by atoms with Crippen molar-refractivity contribution in [3.63, 3.8) is 0 Å². The summed E-state index contributed by atoms with van der Waals surface area (Å²) in [6.07, 6.45) is 11.1. The van der Waals surface area contributed by atoms with Gasteiger partial charge in [-0.05, 0) is 44.2 Å². The molecule has 1 saturated heterocycles. The highest BCUT2D eigenvalue weighted by Gasteiger charge is 2.48. The number of amides is 1. The van der Waals surface area contributed by atoms with E-state index in [9.17, 15) is 4.79 Å². The molecule has 1 N–H and O–H groups in total. The van der Waals surface area contributed by atoms with E-state index in [2.05, 4.69) is 25.2 Å². The molecular formula is C17H21N5OS. The largest absolute Gasteiger partial charge is 0.347 e. The molecule has 0 bridgehead atoms. The fourth-order valence-electron chi connectivity index (χ4n) is 3.85. The molecular weight excluding hydrogens is 322 g/mol. The van der Waals surface area contributed by atoms with Crippen molar-refractivity contribution in [2.45, 2.75) is 38.3 Å². The summed E-state index contributed by atoms with van der Waals surface area (Å²) in [5.41, 5.74) is 0.679. The van der Waals surface area contributed by atoms with Gasteiger partial charge in [-0.1, -0.05) is 0 Å². The van der Waals surface area contributed by atoms with Gasteiger partial charge in [-0.25, -0.2) is 9.97 Å². The topological polar surface area (TPSA) is 71.0 Å². The van der Waals surface area contributed by atoms with Crippen LogP contribution in [0.2, 0.25) is 0 Å². The minimum absolute atomic E-state index is 0.0996. The molecule has 1 amide bonds. The van der Waals surface area contributed by atoms with E-state index in [1.807, 2.05) is 11.6 Å². The van der Waals surface area contributed by atoms with Crippen molar-refractivity contribution in [2.75, 3.05) is 13.1 Å². The average Bonchev–Trinajstić information content (AvgIpc) is 3.13. The number of nitrogens with zero attached hydrogens (tertiary/aromatic N) is 4. The molecule has 2 fully saturated rings. The van der Waals surface area contributed by atoms with Gasteiger partial charge in [-0.3, -0.25) is 14.7 Å². The van der Waals surface area contributed by atoms with E-state index in [1.54, 1.807) is 23.7 Å². The van der Waals surface area contributed by atoms with Crippen LogP contribution in [0.3, 0.4) is 0 Å². The Morgan fingerprint density at radius 3 is 2.75 bits per heavy atom. The van der Waals surface area contributed by atoms with Crippen LogP contribution in [0.15, 0.2) is 30.2 Å². The number of likely N-dealkylation sites (tertiary alicyclic amines) is 1. The average molecular weight is 343 g/mol. The molecule has 7 heteroatoms. The predicted molar refractivity (Wildman–Crippen MR) is 91.6 cm³/mol. The Hall–Kier alpha value is -1.86. The van der Waals surface area contributed by atoms with Crippen molar-refractivity contribution < 1.29 is 4.79 Å². The molecule has 1 aliphatic carbocycles. The summed E-state index contributed by atoms with van der Waals surface area (Å²) < 4.78 is 0. The Kier molecular flexibility index (Phi) is 4.28. The van der Waals surface area contributed by atoms with E-state index < -0.39 is 0 Å². The van der Waals surface area contributed by atoms with E-state index in [4.69, 9.17) is 0 Å². The van der Waals surface area contributed by atoms with Gasteiger partial charge in [0.25, 0.3) is 5.91 Å². The third-order valence-corrected chi connectivity index (χ3v) is 6.23. The second-order valence-corrected chi connectivity index (χ2v) is 7.70.